The number of unbranched alkanes of at least 4 members (excludes halogenated alkanes) is 3. The third-order valence-electron chi connectivity index (χ3n) is 3.08. The molecule has 0 aromatic rings. The van der Waals surface area contributed by atoms with Crippen LogP contribution in [-0.2, 0) is 9.47 Å². The van der Waals surface area contributed by atoms with Gasteiger partial charge in [-0.3, -0.25) is 0 Å². The summed E-state index contributed by atoms with van der Waals surface area (Å²) in [6.07, 6.45) is 8.12. The second-order valence-electron chi connectivity index (χ2n) is 4.79. The fourth-order valence-corrected chi connectivity index (χ4v) is 1.97. The fraction of sp³-hybridized carbons (Fsp3) is 0.867. The Kier molecular flexibility index (Phi) is 8.93. The van der Waals surface area contributed by atoms with Crippen molar-refractivity contribution >= 4 is 0 Å². The molecule has 0 aromatic heterocycles. The molecule has 1 fully saturated rings. The smallest absolute Gasteiger partial charge is 0.158 e. The monoisotopic (exact) mass is 254 g/mol. The van der Waals surface area contributed by atoms with Gasteiger partial charge in [0.2, 0.25) is 0 Å². The second kappa shape index (κ2) is 10.4. The first-order valence-electron chi connectivity index (χ1n) is 7.22. The molecule has 1 aliphatic heterocycles. The van der Waals surface area contributed by atoms with Gasteiger partial charge in [-0.15, -0.1) is 0 Å². The molecular weight excluding hydrogens is 228 g/mol. The van der Waals surface area contributed by atoms with Crippen LogP contribution in [0.1, 0.15) is 58.3 Å². The average molecular weight is 254 g/mol. The highest BCUT2D eigenvalue weighted by Crippen LogP contribution is 2.13. The molecule has 0 spiro atoms. The maximum absolute atomic E-state index is 9.63. The summed E-state index contributed by atoms with van der Waals surface area (Å²) in [7, 11) is 0. The van der Waals surface area contributed by atoms with E-state index in [1.54, 1.807) is 0 Å². The lowest BCUT2D eigenvalue weighted by Gasteiger charge is -2.21. The first kappa shape index (κ1) is 15.5. The van der Waals surface area contributed by atoms with Gasteiger partial charge in [-0.25, -0.2) is 0 Å². The van der Waals surface area contributed by atoms with Crippen molar-refractivity contribution < 1.29 is 14.6 Å². The average Bonchev–Trinajstić information content (AvgIpc) is 2.41. The van der Waals surface area contributed by atoms with Gasteiger partial charge < -0.3 is 14.6 Å². The Hall–Kier alpha value is -0.560. The number of hydrogen-bond donors (Lipinski definition) is 1. The summed E-state index contributed by atoms with van der Waals surface area (Å²) < 4.78 is 10.9. The van der Waals surface area contributed by atoms with Crippen LogP contribution in [0.15, 0.2) is 0 Å². The lowest BCUT2D eigenvalue weighted by atomic mass is 10.1. The zero-order chi connectivity index (χ0) is 13.1. The molecule has 0 saturated carbocycles. The summed E-state index contributed by atoms with van der Waals surface area (Å²) in [6, 6.07) is 0. The summed E-state index contributed by atoms with van der Waals surface area (Å²) in [5.41, 5.74) is 0. The maximum atomic E-state index is 9.63. The van der Waals surface area contributed by atoms with Crippen LogP contribution in [0, 0.1) is 11.8 Å². The van der Waals surface area contributed by atoms with Gasteiger partial charge in [-0.1, -0.05) is 38.0 Å². The van der Waals surface area contributed by atoms with Crippen molar-refractivity contribution in [1.82, 2.24) is 0 Å². The Morgan fingerprint density at radius 1 is 1.33 bits per heavy atom. The molecular formula is C15H26O3. The molecule has 1 rings (SSSR count). The number of ether oxygens (including phenoxy) is 2. The van der Waals surface area contributed by atoms with E-state index in [4.69, 9.17) is 9.47 Å². The van der Waals surface area contributed by atoms with Gasteiger partial charge in [-0.05, 0) is 32.1 Å². The Bertz CT molecular complexity index is 248. The van der Waals surface area contributed by atoms with Gasteiger partial charge in [0.25, 0.3) is 0 Å². The van der Waals surface area contributed by atoms with Crippen LogP contribution in [0.25, 0.3) is 0 Å². The molecule has 2 unspecified atom stereocenters. The van der Waals surface area contributed by atoms with Crippen LogP contribution >= 0.6 is 0 Å². The van der Waals surface area contributed by atoms with E-state index >= 15 is 0 Å². The Labute approximate surface area is 111 Å². The van der Waals surface area contributed by atoms with E-state index in [0.717, 1.165) is 38.7 Å². The van der Waals surface area contributed by atoms with Gasteiger partial charge in [0.05, 0.1) is 0 Å². The van der Waals surface area contributed by atoms with E-state index in [2.05, 4.69) is 18.8 Å². The molecule has 1 heterocycles. The van der Waals surface area contributed by atoms with E-state index < -0.39 is 6.10 Å². The predicted molar refractivity (Wildman–Crippen MR) is 72.1 cm³/mol. The van der Waals surface area contributed by atoms with Crippen LogP contribution < -0.4 is 0 Å². The number of aliphatic hydroxyl groups is 1. The lowest BCUT2D eigenvalue weighted by molar-refractivity contribution is -0.154. The van der Waals surface area contributed by atoms with Crippen molar-refractivity contribution in [2.45, 2.75) is 70.7 Å². The third-order valence-corrected chi connectivity index (χ3v) is 3.08. The minimum atomic E-state index is -0.502. The SMILES string of the molecule is CCCCCCC(O)C#CCOC1CCCCO1. The molecule has 104 valence electrons. The van der Waals surface area contributed by atoms with E-state index in [1.165, 1.54) is 19.3 Å². The molecule has 2 atom stereocenters. The zero-order valence-corrected chi connectivity index (χ0v) is 11.5. The Morgan fingerprint density at radius 3 is 2.94 bits per heavy atom. The predicted octanol–water partition coefficient (Wildman–Crippen LogP) is 2.86. The molecule has 0 aliphatic carbocycles. The van der Waals surface area contributed by atoms with Crippen LogP contribution in [0.5, 0.6) is 0 Å². The minimum Gasteiger partial charge on any atom is -0.380 e. The molecule has 1 saturated heterocycles. The van der Waals surface area contributed by atoms with Crippen molar-refractivity contribution in [3.8, 4) is 11.8 Å². The molecule has 3 heteroatoms. The molecule has 3 nitrogen and oxygen atoms in total. The summed E-state index contributed by atoms with van der Waals surface area (Å²) in [5, 5.41) is 9.63. The maximum Gasteiger partial charge on any atom is 0.158 e. The van der Waals surface area contributed by atoms with Crippen molar-refractivity contribution in [2.75, 3.05) is 13.2 Å². The molecule has 0 aromatic carbocycles. The first-order chi connectivity index (χ1) is 8.83. The standard InChI is InChI=1S/C15H26O3/c1-2-3-4-5-9-14(16)10-8-13-18-15-11-6-7-12-17-15/h14-16H,2-7,9,11-13H2,1H3. The highest BCUT2D eigenvalue weighted by atomic mass is 16.7. The van der Waals surface area contributed by atoms with Crippen molar-refractivity contribution in [1.29, 1.82) is 0 Å². The van der Waals surface area contributed by atoms with Gasteiger partial charge in [-0.2, -0.15) is 0 Å². The molecule has 0 radical (unpaired) electrons. The largest absolute Gasteiger partial charge is 0.380 e. The van der Waals surface area contributed by atoms with E-state index in [1.807, 2.05) is 0 Å². The minimum absolute atomic E-state index is 0.0882. The first-order valence-corrected chi connectivity index (χ1v) is 7.22. The number of rotatable bonds is 7. The van der Waals surface area contributed by atoms with Crippen molar-refractivity contribution in [3.05, 3.63) is 0 Å². The van der Waals surface area contributed by atoms with Crippen molar-refractivity contribution in [2.24, 2.45) is 0 Å². The Morgan fingerprint density at radius 2 is 2.22 bits per heavy atom. The van der Waals surface area contributed by atoms with E-state index in [-0.39, 0.29) is 6.29 Å². The lowest BCUT2D eigenvalue weighted by Crippen LogP contribution is -2.22. The quantitative estimate of drug-likeness (QED) is 0.561. The van der Waals surface area contributed by atoms with Gasteiger partial charge in [0, 0.05) is 6.61 Å². The molecule has 1 N–H and O–H groups in total. The van der Waals surface area contributed by atoms with Gasteiger partial charge >= 0.3 is 0 Å². The zero-order valence-electron chi connectivity index (χ0n) is 11.5. The van der Waals surface area contributed by atoms with Crippen LogP contribution in [0.2, 0.25) is 0 Å². The van der Waals surface area contributed by atoms with Gasteiger partial charge in [0.1, 0.15) is 12.7 Å². The van der Waals surface area contributed by atoms with Crippen molar-refractivity contribution in [3.63, 3.8) is 0 Å². The highest BCUT2D eigenvalue weighted by Gasteiger charge is 2.12. The molecule has 1 aliphatic rings. The number of aliphatic hydroxyl groups excluding tert-OH is 1. The van der Waals surface area contributed by atoms with E-state index in [9.17, 15) is 5.11 Å². The fourth-order valence-electron chi connectivity index (χ4n) is 1.97. The highest BCUT2D eigenvalue weighted by molar-refractivity contribution is 5.04. The molecule has 0 amide bonds. The summed E-state index contributed by atoms with van der Waals surface area (Å²) in [6.45, 7) is 3.33. The Balaban J connectivity index is 2.01. The van der Waals surface area contributed by atoms with E-state index in [0.29, 0.717) is 6.61 Å². The molecule has 0 bridgehead atoms. The summed E-state index contributed by atoms with van der Waals surface area (Å²) >= 11 is 0. The summed E-state index contributed by atoms with van der Waals surface area (Å²) in [5.74, 6) is 5.70. The molecule has 18 heavy (non-hydrogen) atoms. The third kappa shape index (κ3) is 7.71. The van der Waals surface area contributed by atoms with Gasteiger partial charge in [0.15, 0.2) is 6.29 Å². The van der Waals surface area contributed by atoms with Crippen LogP contribution in [-0.4, -0.2) is 30.7 Å². The topological polar surface area (TPSA) is 38.7 Å². The summed E-state index contributed by atoms with van der Waals surface area (Å²) in [4.78, 5) is 0. The van der Waals surface area contributed by atoms with Crippen LogP contribution in [0.3, 0.4) is 0 Å². The normalized spacial score (nSPS) is 21.1. The van der Waals surface area contributed by atoms with Crippen LogP contribution in [0.4, 0.5) is 0 Å². The number of hydrogen-bond acceptors (Lipinski definition) is 3. The second-order valence-corrected chi connectivity index (χ2v) is 4.79.